The molecule has 0 saturated carbocycles. The molecular formula is C18H16N4O6S. The number of carbonyl (C=O) groups excluding carboxylic acids is 1. The van der Waals surface area contributed by atoms with Crippen molar-refractivity contribution in [2.45, 2.75) is 18.8 Å². The van der Waals surface area contributed by atoms with Crippen molar-refractivity contribution in [1.29, 1.82) is 0 Å². The Morgan fingerprint density at radius 1 is 1.21 bits per heavy atom. The lowest BCUT2D eigenvalue weighted by Crippen LogP contribution is -2.30. The maximum absolute atomic E-state index is 12.2. The molecule has 150 valence electrons. The Kier molecular flexibility index (Phi) is 5.69. The number of rotatable bonds is 6. The lowest BCUT2D eigenvalue weighted by molar-refractivity contribution is -0.394. The van der Waals surface area contributed by atoms with E-state index in [2.05, 4.69) is 10.6 Å². The Morgan fingerprint density at radius 3 is 2.48 bits per heavy atom. The second-order valence-corrected chi connectivity index (χ2v) is 7.24. The third kappa shape index (κ3) is 4.46. The van der Waals surface area contributed by atoms with Gasteiger partial charge in [0.05, 0.1) is 20.8 Å². The van der Waals surface area contributed by atoms with Crippen LogP contribution in [0.2, 0.25) is 0 Å². The number of nitrogens with one attached hydrogen (secondary N) is 2. The molecule has 0 unspecified atom stereocenters. The molecule has 0 aromatic heterocycles. The van der Waals surface area contributed by atoms with Crippen LogP contribution in [0.1, 0.15) is 18.1 Å². The first-order valence-corrected chi connectivity index (χ1v) is 9.37. The van der Waals surface area contributed by atoms with Crippen LogP contribution in [-0.2, 0) is 11.2 Å². The Labute approximate surface area is 168 Å². The van der Waals surface area contributed by atoms with Crippen LogP contribution in [-0.4, -0.2) is 26.4 Å². The second kappa shape index (κ2) is 8.19. The minimum atomic E-state index is -0.920. The van der Waals surface area contributed by atoms with Crippen LogP contribution in [0.5, 0.6) is 5.75 Å². The monoisotopic (exact) mass is 416 g/mol. The average Bonchev–Trinajstić information content (AvgIpc) is 3.02. The third-order valence-corrected chi connectivity index (χ3v) is 5.22. The van der Waals surface area contributed by atoms with Gasteiger partial charge in [0.15, 0.2) is 5.50 Å². The number of aromatic hydroxyl groups is 1. The molecule has 11 heteroatoms. The highest BCUT2D eigenvalue weighted by Crippen LogP contribution is 2.38. The third-order valence-electron chi connectivity index (χ3n) is 4.19. The number of carbonyl (C=O) groups is 1. The van der Waals surface area contributed by atoms with Gasteiger partial charge in [0, 0.05) is 17.3 Å². The van der Waals surface area contributed by atoms with E-state index in [-0.39, 0.29) is 10.5 Å². The van der Waals surface area contributed by atoms with Gasteiger partial charge in [-0.05, 0) is 30.2 Å². The van der Waals surface area contributed by atoms with E-state index < -0.39 is 38.4 Å². The number of nitro benzene ring substituents is 2. The lowest BCUT2D eigenvalue weighted by atomic mass is 10.1. The Morgan fingerprint density at radius 2 is 1.90 bits per heavy atom. The maximum Gasteiger partial charge on any atom is 0.318 e. The fourth-order valence-electron chi connectivity index (χ4n) is 2.67. The van der Waals surface area contributed by atoms with Crippen LogP contribution >= 0.6 is 11.8 Å². The van der Waals surface area contributed by atoms with E-state index in [0.717, 1.165) is 29.9 Å². The highest BCUT2D eigenvalue weighted by atomic mass is 32.2. The summed E-state index contributed by atoms with van der Waals surface area (Å²) in [5, 5.41) is 38.0. The number of phenolic OH excluding ortho intramolecular Hbond substituents is 1. The molecule has 29 heavy (non-hydrogen) atoms. The summed E-state index contributed by atoms with van der Waals surface area (Å²) in [5.74, 6) is -1.21. The van der Waals surface area contributed by atoms with Gasteiger partial charge in [0.25, 0.3) is 11.6 Å². The Bertz CT molecular complexity index is 1020. The van der Waals surface area contributed by atoms with Crippen LogP contribution in [0.25, 0.3) is 6.08 Å². The molecule has 1 saturated heterocycles. The maximum atomic E-state index is 12.2. The van der Waals surface area contributed by atoms with Crippen LogP contribution in [0.4, 0.5) is 17.1 Å². The number of hydrogen-bond acceptors (Lipinski definition) is 8. The summed E-state index contributed by atoms with van der Waals surface area (Å²) in [6, 6.07) is 9.32. The predicted molar refractivity (Wildman–Crippen MR) is 108 cm³/mol. The zero-order valence-corrected chi connectivity index (χ0v) is 15.9. The number of hydrogen-bond donors (Lipinski definition) is 3. The number of anilines is 1. The van der Waals surface area contributed by atoms with Crippen LogP contribution in [0.15, 0.2) is 41.3 Å². The predicted octanol–water partition coefficient (Wildman–Crippen LogP) is 3.37. The smallest absolute Gasteiger partial charge is 0.318 e. The lowest BCUT2D eigenvalue weighted by Gasteiger charge is -2.12. The van der Waals surface area contributed by atoms with Crippen LogP contribution in [0.3, 0.4) is 0 Å². The van der Waals surface area contributed by atoms with E-state index in [9.17, 15) is 30.1 Å². The summed E-state index contributed by atoms with van der Waals surface area (Å²) < 4.78 is 0. The van der Waals surface area contributed by atoms with Gasteiger partial charge in [-0.2, -0.15) is 0 Å². The summed E-state index contributed by atoms with van der Waals surface area (Å²) in [5.41, 5.74) is -0.0961. The summed E-state index contributed by atoms with van der Waals surface area (Å²) in [6.45, 7) is 2.04. The molecule has 1 amide bonds. The first kappa shape index (κ1) is 20.1. The zero-order chi connectivity index (χ0) is 21.1. The molecule has 0 bridgehead atoms. The minimum Gasteiger partial charge on any atom is -0.502 e. The standard InChI is InChI=1S/C18H16N4O6S/c1-2-10-3-5-12(6-4-10)19-18-20-17(24)15(29-18)8-11-7-13(21(25)26)9-14(16(11)23)22(27)28/h3-9,18-19,23H,2H2,1H3,(H,20,24)/b15-8-/t18-/m0/s1. The van der Waals surface area contributed by atoms with Crippen molar-refractivity contribution >= 4 is 40.8 Å². The first-order valence-electron chi connectivity index (χ1n) is 8.49. The number of amides is 1. The molecule has 3 N–H and O–H groups in total. The number of nitro groups is 2. The quantitative estimate of drug-likeness (QED) is 0.369. The van der Waals surface area contributed by atoms with Gasteiger partial charge in [-0.25, -0.2) is 0 Å². The molecule has 1 heterocycles. The molecule has 2 aromatic carbocycles. The Hall–Kier alpha value is -3.60. The van der Waals surface area contributed by atoms with Crippen molar-refractivity contribution in [3.63, 3.8) is 0 Å². The molecular weight excluding hydrogens is 400 g/mol. The summed E-state index contributed by atoms with van der Waals surface area (Å²) in [4.78, 5) is 32.8. The van der Waals surface area contributed by atoms with E-state index in [1.807, 2.05) is 31.2 Å². The summed E-state index contributed by atoms with van der Waals surface area (Å²) in [7, 11) is 0. The van der Waals surface area contributed by atoms with Crippen molar-refractivity contribution < 1.29 is 19.7 Å². The van der Waals surface area contributed by atoms with Gasteiger partial charge in [-0.15, -0.1) is 0 Å². The van der Waals surface area contributed by atoms with Crippen molar-refractivity contribution in [3.05, 3.63) is 72.7 Å². The van der Waals surface area contributed by atoms with Gasteiger partial charge in [0.2, 0.25) is 5.75 Å². The SMILES string of the molecule is CCc1ccc(N[C@H]2NC(=O)/C(=C/c3cc([N+](=O)[O-])cc([N+](=O)[O-])c3O)S2)cc1. The Balaban J connectivity index is 1.85. The molecule has 2 aromatic rings. The molecule has 0 spiro atoms. The first-order chi connectivity index (χ1) is 13.8. The van der Waals surface area contributed by atoms with E-state index in [1.165, 1.54) is 11.6 Å². The van der Waals surface area contributed by atoms with Crippen molar-refractivity contribution in [3.8, 4) is 5.75 Å². The van der Waals surface area contributed by atoms with Crippen LogP contribution in [0, 0.1) is 20.2 Å². The van der Waals surface area contributed by atoms with Crippen molar-refractivity contribution in [1.82, 2.24) is 5.32 Å². The average molecular weight is 416 g/mol. The number of thioether (sulfide) groups is 1. The minimum absolute atomic E-state index is 0.151. The normalized spacial score (nSPS) is 17.2. The van der Waals surface area contributed by atoms with Gasteiger partial charge in [-0.3, -0.25) is 25.0 Å². The van der Waals surface area contributed by atoms with Gasteiger partial charge >= 0.3 is 5.69 Å². The number of non-ortho nitro benzene ring substituents is 1. The largest absolute Gasteiger partial charge is 0.502 e. The molecule has 10 nitrogen and oxygen atoms in total. The second-order valence-electron chi connectivity index (χ2n) is 6.09. The summed E-state index contributed by atoms with van der Waals surface area (Å²) >= 11 is 1.09. The molecule has 3 rings (SSSR count). The fourth-order valence-corrected chi connectivity index (χ4v) is 3.65. The molecule has 0 radical (unpaired) electrons. The van der Waals surface area contributed by atoms with E-state index in [1.54, 1.807) is 0 Å². The van der Waals surface area contributed by atoms with Gasteiger partial charge in [0.1, 0.15) is 0 Å². The highest BCUT2D eigenvalue weighted by molar-refractivity contribution is 8.05. The zero-order valence-electron chi connectivity index (χ0n) is 15.1. The molecule has 0 aliphatic carbocycles. The van der Waals surface area contributed by atoms with E-state index >= 15 is 0 Å². The fraction of sp³-hybridized carbons (Fsp3) is 0.167. The van der Waals surface area contributed by atoms with Crippen molar-refractivity contribution in [2.24, 2.45) is 0 Å². The molecule has 1 aliphatic heterocycles. The molecule has 1 fully saturated rings. The molecule has 1 aliphatic rings. The highest BCUT2D eigenvalue weighted by Gasteiger charge is 2.29. The van der Waals surface area contributed by atoms with Crippen molar-refractivity contribution in [2.75, 3.05) is 5.32 Å². The number of aryl methyl sites for hydroxylation is 1. The number of benzene rings is 2. The van der Waals surface area contributed by atoms with Gasteiger partial charge < -0.3 is 15.7 Å². The number of phenols is 1. The topological polar surface area (TPSA) is 148 Å². The molecule has 1 atom stereocenters. The van der Waals surface area contributed by atoms with Crippen LogP contribution < -0.4 is 10.6 Å². The van der Waals surface area contributed by atoms with Gasteiger partial charge in [-0.1, -0.05) is 30.8 Å². The van der Waals surface area contributed by atoms with E-state index in [0.29, 0.717) is 6.07 Å². The van der Waals surface area contributed by atoms with E-state index in [4.69, 9.17) is 0 Å². The number of nitrogens with zero attached hydrogens (tertiary/aromatic N) is 2. The summed E-state index contributed by atoms with van der Waals surface area (Å²) in [6.07, 6.45) is 2.10.